The molecule has 112 valence electrons. The van der Waals surface area contributed by atoms with E-state index in [1.165, 1.54) is 41.0 Å². The maximum absolute atomic E-state index is 4.37. The summed E-state index contributed by atoms with van der Waals surface area (Å²) in [6.45, 7) is 5.38. The third-order valence-corrected chi connectivity index (χ3v) is 5.34. The van der Waals surface area contributed by atoms with Gasteiger partial charge in [-0.2, -0.15) is 0 Å². The Balaban J connectivity index is 1.65. The van der Waals surface area contributed by atoms with Crippen molar-refractivity contribution in [3.05, 3.63) is 51.5 Å². The lowest BCUT2D eigenvalue weighted by Crippen LogP contribution is -2.24. The molecule has 1 aliphatic rings. The van der Waals surface area contributed by atoms with E-state index in [4.69, 9.17) is 0 Å². The molecule has 1 atom stereocenters. The lowest BCUT2D eigenvalue weighted by atomic mass is 9.93. The van der Waals surface area contributed by atoms with Crippen LogP contribution in [0.5, 0.6) is 0 Å². The van der Waals surface area contributed by atoms with Crippen LogP contribution >= 0.6 is 11.3 Å². The third kappa shape index (κ3) is 4.14. The van der Waals surface area contributed by atoms with Gasteiger partial charge >= 0.3 is 0 Å². The molecule has 0 bridgehead atoms. The summed E-state index contributed by atoms with van der Waals surface area (Å²) in [4.78, 5) is 5.81. The highest BCUT2D eigenvalue weighted by Gasteiger charge is 2.22. The summed E-state index contributed by atoms with van der Waals surface area (Å²) >= 11 is 1.79. The van der Waals surface area contributed by atoms with Crippen molar-refractivity contribution in [1.29, 1.82) is 0 Å². The topological polar surface area (TPSA) is 24.9 Å². The SMILES string of the molecule is Cc1ccc(C(CCc2scnc2C)CNC2CC2)cc1. The van der Waals surface area contributed by atoms with Gasteiger partial charge in [0.15, 0.2) is 0 Å². The van der Waals surface area contributed by atoms with E-state index >= 15 is 0 Å². The van der Waals surface area contributed by atoms with E-state index in [2.05, 4.69) is 48.4 Å². The smallest absolute Gasteiger partial charge is 0.0797 e. The zero-order valence-corrected chi connectivity index (χ0v) is 13.7. The number of hydrogen-bond acceptors (Lipinski definition) is 3. The van der Waals surface area contributed by atoms with Crippen LogP contribution in [-0.4, -0.2) is 17.6 Å². The Hall–Kier alpha value is -1.19. The fraction of sp³-hybridized carbons (Fsp3) is 0.500. The Morgan fingerprint density at radius 3 is 2.62 bits per heavy atom. The Bertz CT molecular complexity index is 569. The van der Waals surface area contributed by atoms with Crippen molar-refractivity contribution in [2.45, 2.75) is 51.5 Å². The molecule has 0 saturated heterocycles. The Morgan fingerprint density at radius 2 is 2.00 bits per heavy atom. The van der Waals surface area contributed by atoms with Crippen LogP contribution in [0.4, 0.5) is 0 Å². The van der Waals surface area contributed by atoms with E-state index in [1.54, 1.807) is 11.3 Å². The van der Waals surface area contributed by atoms with Gasteiger partial charge in [-0.1, -0.05) is 29.8 Å². The van der Waals surface area contributed by atoms with E-state index in [0.717, 1.165) is 19.0 Å². The highest BCUT2D eigenvalue weighted by atomic mass is 32.1. The van der Waals surface area contributed by atoms with E-state index in [0.29, 0.717) is 5.92 Å². The minimum Gasteiger partial charge on any atom is -0.313 e. The molecular formula is C18H24N2S. The van der Waals surface area contributed by atoms with Crippen molar-refractivity contribution in [2.75, 3.05) is 6.54 Å². The van der Waals surface area contributed by atoms with Crippen molar-refractivity contribution < 1.29 is 0 Å². The molecule has 0 radical (unpaired) electrons. The molecule has 1 aromatic heterocycles. The molecule has 1 aromatic carbocycles. The quantitative estimate of drug-likeness (QED) is 0.828. The first-order valence-electron chi connectivity index (χ1n) is 7.91. The van der Waals surface area contributed by atoms with Gasteiger partial charge in [-0.25, -0.2) is 4.98 Å². The molecule has 1 N–H and O–H groups in total. The van der Waals surface area contributed by atoms with Crippen LogP contribution in [0.2, 0.25) is 0 Å². The molecule has 0 aliphatic heterocycles. The zero-order valence-electron chi connectivity index (χ0n) is 12.9. The van der Waals surface area contributed by atoms with E-state index in [9.17, 15) is 0 Å². The van der Waals surface area contributed by atoms with Crippen molar-refractivity contribution in [1.82, 2.24) is 10.3 Å². The van der Waals surface area contributed by atoms with Crippen LogP contribution in [0, 0.1) is 13.8 Å². The molecule has 3 rings (SSSR count). The molecule has 1 unspecified atom stereocenters. The number of nitrogens with one attached hydrogen (secondary N) is 1. The summed E-state index contributed by atoms with van der Waals surface area (Å²) in [7, 11) is 0. The third-order valence-electron chi connectivity index (χ3n) is 4.34. The molecule has 1 heterocycles. The average Bonchev–Trinajstić information content (AvgIpc) is 3.22. The van der Waals surface area contributed by atoms with E-state index in [1.807, 2.05) is 5.51 Å². The van der Waals surface area contributed by atoms with Gasteiger partial charge in [0, 0.05) is 17.5 Å². The van der Waals surface area contributed by atoms with E-state index < -0.39 is 0 Å². The van der Waals surface area contributed by atoms with Crippen molar-refractivity contribution in [3.8, 4) is 0 Å². The lowest BCUT2D eigenvalue weighted by molar-refractivity contribution is 0.549. The standard InChI is InChI=1S/C18H24N2S/c1-13-3-5-15(6-4-13)16(11-19-17-8-9-17)7-10-18-14(2)20-12-21-18/h3-6,12,16-17,19H,7-11H2,1-2H3. The summed E-state index contributed by atoms with van der Waals surface area (Å²) in [6, 6.07) is 9.85. The first-order valence-corrected chi connectivity index (χ1v) is 8.79. The first kappa shape index (κ1) is 14.7. The Labute approximate surface area is 131 Å². The summed E-state index contributed by atoms with van der Waals surface area (Å²) < 4.78 is 0. The summed E-state index contributed by atoms with van der Waals surface area (Å²) in [6.07, 6.45) is 5.05. The van der Waals surface area contributed by atoms with Crippen LogP contribution < -0.4 is 5.32 Å². The minimum atomic E-state index is 0.604. The number of benzene rings is 1. The van der Waals surface area contributed by atoms with Gasteiger partial charge in [0.2, 0.25) is 0 Å². The summed E-state index contributed by atoms with van der Waals surface area (Å²) in [5, 5.41) is 3.70. The molecule has 1 fully saturated rings. The average molecular weight is 300 g/mol. The summed E-state index contributed by atoms with van der Waals surface area (Å²) in [5.41, 5.74) is 5.98. The highest BCUT2D eigenvalue weighted by molar-refractivity contribution is 7.09. The fourth-order valence-corrected chi connectivity index (χ4v) is 3.49. The fourth-order valence-electron chi connectivity index (χ4n) is 2.69. The van der Waals surface area contributed by atoms with Gasteiger partial charge in [-0.05, 0) is 51.0 Å². The van der Waals surface area contributed by atoms with Crippen molar-refractivity contribution in [2.24, 2.45) is 0 Å². The molecule has 1 saturated carbocycles. The number of hydrogen-bond donors (Lipinski definition) is 1. The van der Waals surface area contributed by atoms with Crippen LogP contribution in [0.3, 0.4) is 0 Å². The van der Waals surface area contributed by atoms with Gasteiger partial charge in [0.1, 0.15) is 0 Å². The van der Waals surface area contributed by atoms with Crippen LogP contribution in [0.25, 0.3) is 0 Å². The van der Waals surface area contributed by atoms with Gasteiger partial charge in [0.05, 0.1) is 11.2 Å². The van der Waals surface area contributed by atoms with Crippen LogP contribution in [0.15, 0.2) is 29.8 Å². The molecule has 1 aliphatic carbocycles. The Kier molecular flexibility index (Phi) is 4.71. The van der Waals surface area contributed by atoms with Gasteiger partial charge in [-0.15, -0.1) is 11.3 Å². The molecule has 2 aromatic rings. The van der Waals surface area contributed by atoms with Gasteiger partial charge in [-0.3, -0.25) is 0 Å². The normalized spacial score (nSPS) is 16.1. The molecule has 3 heteroatoms. The number of nitrogens with zero attached hydrogens (tertiary/aromatic N) is 1. The van der Waals surface area contributed by atoms with Crippen molar-refractivity contribution >= 4 is 11.3 Å². The second-order valence-electron chi connectivity index (χ2n) is 6.19. The maximum Gasteiger partial charge on any atom is 0.0797 e. The number of thiazole rings is 1. The second kappa shape index (κ2) is 6.71. The summed E-state index contributed by atoms with van der Waals surface area (Å²) in [5.74, 6) is 0.604. The molecule has 2 nitrogen and oxygen atoms in total. The highest BCUT2D eigenvalue weighted by Crippen LogP contribution is 2.26. The molecule has 0 amide bonds. The van der Waals surface area contributed by atoms with E-state index in [-0.39, 0.29) is 0 Å². The molecular weight excluding hydrogens is 276 g/mol. The zero-order chi connectivity index (χ0) is 14.7. The maximum atomic E-state index is 4.37. The number of aromatic nitrogens is 1. The van der Waals surface area contributed by atoms with Crippen LogP contribution in [0.1, 0.15) is 46.9 Å². The number of aryl methyl sites for hydroxylation is 3. The largest absolute Gasteiger partial charge is 0.313 e. The predicted octanol–water partition coefficient (Wildman–Crippen LogP) is 4.23. The second-order valence-corrected chi connectivity index (χ2v) is 7.13. The Morgan fingerprint density at radius 1 is 1.24 bits per heavy atom. The number of rotatable bonds is 7. The van der Waals surface area contributed by atoms with Crippen LogP contribution in [-0.2, 0) is 6.42 Å². The molecule has 21 heavy (non-hydrogen) atoms. The minimum absolute atomic E-state index is 0.604. The van der Waals surface area contributed by atoms with Gasteiger partial charge < -0.3 is 5.32 Å². The van der Waals surface area contributed by atoms with Crippen molar-refractivity contribution in [3.63, 3.8) is 0 Å². The first-order chi connectivity index (χ1) is 10.2. The molecule has 0 spiro atoms. The lowest BCUT2D eigenvalue weighted by Gasteiger charge is -2.18. The monoisotopic (exact) mass is 300 g/mol. The predicted molar refractivity (Wildman–Crippen MR) is 90.1 cm³/mol. The van der Waals surface area contributed by atoms with Gasteiger partial charge in [0.25, 0.3) is 0 Å².